The largest absolute Gasteiger partial charge is 0.383 e. The summed E-state index contributed by atoms with van der Waals surface area (Å²) in [5, 5.41) is 3.59. The highest BCUT2D eigenvalue weighted by atomic mass is 16.5. The van der Waals surface area contributed by atoms with Crippen molar-refractivity contribution in [3.63, 3.8) is 0 Å². The Bertz CT molecular complexity index is 183. The van der Waals surface area contributed by atoms with E-state index in [1.165, 1.54) is 25.7 Å². The Morgan fingerprint density at radius 1 is 1.36 bits per heavy atom. The van der Waals surface area contributed by atoms with E-state index in [4.69, 9.17) is 4.74 Å². The van der Waals surface area contributed by atoms with Gasteiger partial charge in [0.2, 0.25) is 0 Å². The molecular formula is C12H23NO. The van der Waals surface area contributed by atoms with Crippen molar-refractivity contribution in [2.45, 2.75) is 38.6 Å². The van der Waals surface area contributed by atoms with E-state index in [9.17, 15) is 0 Å². The van der Waals surface area contributed by atoms with Crippen molar-refractivity contribution >= 4 is 0 Å². The van der Waals surface area contributed by atoms with Crippen molar-refractivity contribution in [1.82, 2.24) is 5.32 Å². The van der Waals surface area contributed by atoms with Crippen LogP contribution in [0.5, 0.6) is 0 Å². The first-order valence-electron chi connectivity index (χ1n) is 6.03. The second-order valence-corrected chi connectivity index (χ2v) is 5.07. The van der Waals surface area contributed by atoms with E-state index in [0.29, 0.717) is 6.04 Å². The quantitative estimate of drug-likeness (QED) is 0.681. The van der Waals surface area contributed by atoms with E-state index >= 15 is 0 Å². The van der Waals surface area contributed by atoms with Gasteiger partial charge < -0.3 is 10.1 Å². The minimum atomic E-state index is 0.695. The first-order chi connectivity index (χ1) is 6.81. The van der Waals surface area contributed by atoms with Crippen LogP contribution >= 0.6 is 0 Å². The lowest BCUT2D eigenvalue weighted by atomic mass is 9.84. The Kier molecular flexibility index (Phi) is 3.45. The van der Waals surface area contributed by atoms with Crippen LogP contribution in [-0.4, -0.2) is 26.3 Å². The Morgan fingerprint density at radius 2 is 2.21 bits per heavy atom. The van der Waals surface area contributed by atoms with Gasteiger partial charge in [0.1, 0.15) is 0 Å². The molecule has 2 saturated carbocycles. The molecule has 14 heavy (non-hydrogen) atoms. The number of hydrogen-bond donors (Lipinski definition) is 1. The van der Waals surface area contributed by atoms with Crippen molar-refractivity contribution in [2.24, 2.45) is 17.8 Å². The van der Waals surface area contributed by atoms with Gasteiger partial charge in [-0.2, -0.15) is 0 Å². The summed E-state index contributed by atoms with van der Waals surface area (Å²) in [6, 6.07) is 0.695. The van der Waals surface area contributed by atoms with E-state index in [1.807, 2.05) is 0 Å². The number of nitrogens with one attached hydrogen (secondary N) is 1. The smallest absolute Gasteiger partial charge is 0.0587 e. The van der Waals surface area contributed by atoms with Crippen molar-refractivity contribution in [2.75, 3.05) is 20.3 Å². The molecule has 82 valence electrons. The maximum absolute atomic E-state index is 5.05. The molecule has 0 aliphatic heterocycles. The van der Waals surface area contributed by atoms with Gasteiger partial charge in [0, 0.05) is 19.7 Å². The summed E-state index contributed by atoms with van der Waals surface area (Å²) in [5.41, 5.74) is 0. The highest BCUT2D eigenvalue weighted by molar-refractivity contribution is 4.93. The number of methoxy groups -OCH3 is 1. The molecule has 2 heteroatoms. The second kappa shape index (κ2) is 4.63. The van der Waals surface area contributed by atoms with Gasteiger partial charge in [-0.3, -0.25) is 0 Å². The van der Waals surface area contributed by atoms with Crippen LogP contribution in [-0.2, 0) is 4.74 Å². The molecule has 2 aliphatic carbocycles. The van der Waals surface area contributed by atoms with Crippen LogP contribution in [0.25, 0.3) is 0 Å². The fraction of sp³-hybridized carbons (Fsp3) is 1.00. The van der Waals surface area contributed by atoms with E-state index in [2.05, 4.69) is 12.2 Å². The van der Waals surface area contributed by atoms with Gasteiger partial charge in [-0.15, -0.1) is 0 Å². The molecule has 0 heterocycles. The van der Waals surface area contributed by atoms with Crippen LogP contribution in [0.2, 0.25) is 0 Å². The number of ether oxygens (including phenoxy) is 1. The molecule has 0 spiro atoms. The monoisotopic (exact) mass is 197 g/mol. The summed E-state index contributed by atoms with van der Waals surface area (Å²) < 4.78 is 5.05. The minimum Gasteiger partial charge on any atom is -0.383 e. The summed E-state index contributed by atoms with van der Waals surface area (Å²) in [6.45, 7) is 4.19. The molecule has 0 radical (unpaired) electrons. The Morgan fingerprint density at radius 3 is 2.79 bits per heavy atom. The zero-order chi connectivity index (χ0) is 9.97. The highest BCUT2D eigenvalue weighted by Crippen LogP contribution is 2.49. The minimum absolute atomic E-state index is 0.695. The van der Waals surface area contributed by atoms with Crippen LogP contribution in [0.3, 0.4) is 0 Å². The van der Waals surface area contributed by atoms with Gasteiger partial charge >= 0.3 is 0 Å². The number of rotatable bonds is 5. The Balaban J connectivity index is 1.72. The highest BCUT2D eigenvalue weighted by Gasteiger charge is 2.41. The molecule has 4 atom stereocenters. The predicted octanol–water partition coefficient (Wildman–Crippen LogP) is 2.05. The molecule has 2 nitrogen and oxygen atoms in total. The zero-order valence-corrected chi connectivity index (χ0v) is 9.46. The van der Waals surface area contributed by atoms with Gasteiger partial charge in [-0.05, 0) is 43.9 Å². The summed E-state index contributed by atoms with van der Waals surface area (Å²) >= 11 is 0. The maximum atomic E-state index is 5.05. The number of hydrogen-bond acceptors (Lipinski definition) is 2. The molecule has 4 unspecified atom stereocenters. The van der Waals surface area contributed by atoms with Crippen molar-refractivity contribution in [3.8, 4) is 0 Å². The lowest BCUT2D eigenvalue weighted by molar-refractivity contribution is 0.184. The van der Waals surface area contributed by atoms with Gasteiger partial charge in [-0.1, -0.05) is 6.42 Å². The number of fused-ring (bicyclic) bond motifs is 2. The van der Waals surface area contributed by atoms with Crippen molar-refractivity contribution < 1.29 is 4.74 Å². The molecule has 0 saturated heterocycles. The first-order valence-corrected chi connectivity index (χ1v) is 6.03. The Hall–Kier alpha value is -0.0800. The third-order valence-electron chi connectivity index (χ3n) is 4.21. The molecule has 0 amide bonds. The average molecular weight is 197 g/mol. The Labute approximate surface area is 87.4 Å². The maximum Gasteiger partial charge on any atom is 0.0587 e. The topological polar surface area (TPSA) is 21.3 Å². The van der Waals surface area contributed by atoms with Crippen LogP contribution in [0, 0.1) is 17.8 Å². The van der Waals surface area contributed by atoms with E-state index in [-0.39, 0.29) is 0 Å². The third-order valence-corrected chi connectivity index (χ3v) is 4.21. The molecule has 2 aliphatic rings. The van der Waals surface area contributed by atoms with Gasteiger partial charge in [-0.25, -0.2) is 0 Å². The zero-order valence-electron chi connectivity index (χ0n) is 9.46. The van der Waals surface area contributed by atoms with E-state index < -0.39 is 0 Å². The lowest BCUT2D eigenvalue weighted by Crippen LogP contribution is -2.37. The summed E-state index contributed by atoms with van der Waals surface area (Å²) in [4.78, 5) is 0. The molecule has 2 bridgehead atoms. The molecule has 2 fully saturated rings. The third kappa shape index (κ3) is 2.12. The summed E-state index contributed by atoms with van der Waals surface area (Å²) in [5.74, 6) is 3.05. The molecule has 2 rings (SSSR count). The normalized spacial score (nSPS) is 37.7. The van der Waals surface area contributed by atoms with Crippen LogP contribution in [0.15, 0.2) is 0 Å². The lowest BCUT2D eigenvalue weighted by Gasteiger charge is -2.28. The average Bonchev–Trinajstić information content (AvgIpc) is 2.79. The molecular weight excluding hydrogens is 174 g/mol. The first kappa shape index (κ1) is 10.4. The molecule has 1 N–H and O–H groups in total. The van der Waals surface area contributed by atoms with Crippen molar-refractivity contribution in [1.29, 1.82) is 0 Å². The van der Waals surface area contributed by atoms with E-state index in [1.54, 1.807) is 7.11 Å². The summed E-state index contributed by atoms with van der Waals surface area (Å²) in [7, 11) is 1.77. The van der Waals surface area contributed by atoms with Crippen LogP contribution < -0.4 is 5.32 Å². The van der Waals surface area contributed by atoms with Crippen LogP contribution in [0.4, 0.5) is 0 Å². The van der Waals surface area contributed by atoms with E-state index in [0.717, 1.165) is 30.9 Å². The van der Waals surface area contributed by atoms with Crippen LogP contribution in [0.1, 0.15) is 32.6 Å². The van der Waals surface area contributed by atoms with Gasteiger partial charge in [0.05, 0.1) is 6.61 Å². The SMILES string of the molecule is COCCNC(C)C1CC2CCC1C2. The standard InChI is InChI=1S/C12H23NO/c1-9(13-5-6-14-2)12-8-10-3-4-11(12)7-10/h9-13H,3-8H2,1-2H3. The molecule has 0 aromatic rings. The van der Waals surface area contributed by atoms with Crippen molar-refractivity contribution in [3.05, 3.63) is 0 Å². The fourth-order valence-corrected chi connectivity index (χ4v) is 3.45. The fourth-order valence-electron chi connectivity index (χ4n) is 3.45. The predicted molar refractivity (Wildman–Crippen MR) is 58.3 cm³/mol. The summed E-state index contributed by atoms with van der Waals surface area (Å²) in [6.07, 6.45) is 5.99. The van der Waals surface area contributed by atoms with Gasteiger partial charge in [0.15, 0.2) is 0 Å². The second-order valence-electron chi connectivity index (χ2n) is 5.07. The molecule has 0 aromatic carbocycles. The molecule has 0 aromatic heterocycles. The van der Waals surface area contributed by atoms with Gasteiger partial charge in [0.25, 0.3) is 0 Å².